The van der Waals surface area contributed by atoms with E-state index in [1.54, 1.807) is 11.0 Å². The van der Waals surface area contributed by atoms with Crippen molar-refractivity contribution in [2.45, 2.75) is 13.0 Å². The van der Waals surface area contributed by atoms with Gasteiger partial charge in [-0.15, -0.1) is 0 Å². The first-order valence-corrected chi connectivity index (χ1v) is 6.30. The molecule has 1 saturated heterocycles. The number of anilines is 2. The monoisotopic (exact) mass is 249 g/mol. The zero-order valence-electron chi connectivity index (χ0n) is 10.3. The molecule has 3 rings (SSSR count). The quantitative estimate of drug-likeness (QED) is 0.805. The Morgan fingerprint density at radius 3 is 3.06 bits per heavy atom. The molecule has 1 aromatic rings. The first kappa shape index (κ1) is 11.5. The van der Waals surface area contributed by atoms with Crippen molar-refractivity contribution in [2.75, 3.05) is 36.0 Å². The number of fused-ring (bicyclic) bond motifs is 3. The smallest absolute Gasteiger partial charge is 0.251 e. The molecule has 4 nitrogen and oxygen atoms in total. The van der Waals surface area contributed by atoms with E-state index in [1.807, 2.05) is 11.8 Å². The molecule has 2 heterocycles. The third kappa shape index (κ3) is 1.58. The molecule has 1 unspecified atom stereocenters. The molecule has 0 spiro atoms. The van der Waals surface area contributed by atoms with E-state index in [4.69, 9.17) is 0 Å². The summed E-state index contributed by atoms with van der Waals surface area (Å²) in [5.41, 5.74) is 1.66. The number of likely N-dealkylation sites (N-methyl/N-ethyl adjacent to an activating group) is 1. The van der Waals surface area contributed by atoms with Crippen molar-refractivity contribution in [3.8, 4) is 0 Å². The second-order valence-corrected chi connectivity index (χ2v) is 4.63. The van der Waals surface area contributed by atoms with E-state index in [9.17, 15) is 9.18 Å². The van der Waals surface area contributed by atoms with Gasteiger partial charge in [0, 0.05) is 26.2 Å². The maximum Gasteiger partial charge on any atom is 0.251 e. The van der Waals surface area contributed by atoms with Crippen LogP contribution in [-0.4, -0.2) is 38.1 Å². The number of benzene rings is 1. The van der Waals surface area contributed by atoms with Crippen LogP contribution in [0.15, 0.2) is 18.2 Å². The van der Waals surface area contributed by atoms with Crippen LogP contribution < -0.4 is 15.1 Å². The van der Waals surface area contributed by atoms with E-state index >= 15 is 0 Å². The van der Waals surface area contributed by atoms with Gasteiger partial charge < -0.3 is 15.1 Å². The Labute approximate surface area is 105 Å². The maximum absolute atomic E-state index is 13.4. The zero-order valence-corrected chi connectivity index (χ0v) is 10.3. The fourth-order valence-corrected chi connectivity index (χ4v) is 2.79. The summed E-state index contributed by atoms with van der Waals surface area (Å²) >= 11 is 0. The average molecular weight is 249 g/mol. The minimum absolute atomic E-state index is 0.101. The highest BCUT2D eigenvalue weighted by atomic mass is 19.1. The van der Waals surface area contributed by atoms with Crippen molar-refractivity contribution in [1.29, 1.82) is 0 Å². The Hall–Kier alpha value is -1.62. The highest BCUT2D eigenvalue weighted by molar-refractivity contribution is 6.05. The molecule has 2 aliphatic rings. The maximum atomic E-state index is 13.4. The van der Waals surface area contributed by atoms with Gasteiger partial charge in [0.1, 0.15) is 11.9 Å². The summed E-state index contributed by atoms with van der Waals surface area (Å²) in [5, 5.41) is 3.22. The molecular formula is C13H16FN3O. The van der Waals surface area contributed by atoms with Crippen molar-refractivity contribution >= 4 is 17.3 Å². The van der Waals surface area contributed by atoms with E-state index < -0.39 is 0 Å². The van der Waals surface area contributed by atoms with Crippen LogP contribution in [0.1, 0.15) is 6.92 Å². The van der Waals surface area contributed by atoms with Gasteiger partial charge in [-0.3, -0.25) is 4.79 Å². The summed E-state index contributed by atoms with van der Waals surface area (Å²) in [4.78, 5) is 16.1. The second kappa shape index (κ2) is 4.24. The third-order valence-corrected chi connectivity index (χ3v) is 3.65. The van der Waals surface area contributed by atoms with Gasteiger partial charge in [-0.2, -0.15) is 0 Å². The largest absolute Gasteiger partial charge is 0.355 e. The number of nitrogens with one attached hydrogen (secondary N) is 1. The molecule has 5 heteroatoms. The van der Waals surface area contributed by atoms with E-state index in [2.05, 4.69) is 5.32 Å². The lowest BCUT2D eigenvalue weighted by Gasteiger charge is -2.45. The predicted octanol–water partition coefficient (Wildman–Crippen LogP) is 0.970. The summed E-state index contributed by atoms with van der Waals surface area (Å²) in [6, 6.07) is 4.44. The average Bonchev–Trinajstić information content (AvgIpc) is 2.40. The molecule has 1 fully saturated rings. The van der Waals surface area contributed by atoms with E-state index in [1.165, 1.54) is 12.1 Å². The van der Waals surface area contributed by atoms with Gasteiger partial charge in [-0.05, 0) is 25.1 Å². The molecule has 0 bridgehead atoms. The molecule has 18 heavy (non-hydrogen) atoms. The highest BCUT2D eigenvalue weighted by Crippen LogP contribution is 2.36. The Morgan fingerprint density at radius 1 is 1.44 bits per heavy atom. The van der Waals surface area contributed by atoms with Gasteiger partial charge in [0.15, 0.2) is 0 Å². The number of carbonyl (C=O) groups is 1. The predicted molar refractivity (Wildman–Crippen MR) is 68.4 cm³/mol. The molecule has 1 amide bonds. The number of piperazine rings is 1. The zero-order chi connectivity index (χ0) is 12.7. The number of carbonyl (C=O) groups excluding carboxylic acids is 1. The van der Waals surface area contributed by atoms with Gasteiger partial charge in [-0.1, -0.05) is 0 Å². The fourth-order valence-electron chi connectivity index (χ4n) is 2.79. The number of rotatable bonds is 1. The lowest BCUT2D eigenvalue weighted by Crippen LogP contribution is -2.61. The van der Waals surface area contributed by atoms with Crippen LogP contribution in [0.25, 0.3) is 0 Å². The Balaban J connectivity index is 2.12. The third-order valence-electron chi connectivity index (χ3n) is 3.65. The standard InChI is InChI=1S/C13H16FN3O/c1-2-16-10-4-3-9(14)7-11(10)17-6-5-15-8-12(17)13(16)18/h3-4,7,12,15H,2,5-6,8H2,1H3. The van der Waals surface area contributed by atoms with Crippen LogP contribution in [0.5, 0.6) is 0 Å². The lowest BCUT2D eigenvalue weighted by atomic mass is 10.0. The molecule has 1 atom stereocenters. The van der Waals surface area contributed by atoms with Gasteiger partial charge in [-0.25, -0.2) is 4.39 Å². The van der Waals surface area contributed by atoms with Crippen LogP contribution in [0.4, 0.5) is 15.8 Å². The first-order chi connectivity index (χ1) is 8.72. The minimum atomic E-state index is -0.253. The van der Waals surface area contributed by atoms with E-state index in [0.29, 0.717) is 13.1 Å². The molecule has 0 radical (unpaired) electrons. The molecule has 0 saturated carbocycles. The molecule has 96 valence electrons. The number of halogens is 1. The summed E-state index contributed by atoms with van der Waals surface area (Å²) in [5.74, 6) is -0.153. The first-order valence-electron chi connectivity index (χ1n) is 6.30. The van der Waals surface area contributed by atoms with Crippen molar-refractivity contribution in [3.05, 3.63) is 24.0 Å². The fraction of sp³-hybridized carbons (Fsp3) is 0.462. The summed E-state index contributed by atoms with van der Waals surface area (Å²) in [6.07, 6.45) is 0. The SMILES string of the molecule is CCN1C(=O)C2CNCCN2c2cc(F)ccc21. The van der Waals surface area contributed by atoms with Crippen molar-refractivity contribution < 1.29 is 9.18 Å². The number of hydrogen-bond acceptors (Lipinski definition) is 3. The number of nitrogens with zero attached hydrogens (tertiary/aromatic N) is 2. The van der Waals surface area contributed by atoms with Crippen LogP contribution >= 0.6 is 0 Å². The second-order valence-electron chi connectivity index (χ2n) is 4.63. The molecule has 1 aromatic carbocycles. The lowest BCUT2D eigenvalue weighted by molar-refractivity contribution is -0.120. The van der Waals surface area contributed by atoms with Crippen LogP contribution in [-0.2, 0) is 4.79 Å². The molecule has 0 aliphatic carbocycles. The Kier molecular flexibility index (Phi) is 2.70. The van der Waals surface area contributed by atoms with E-state index in [0.717, 1.165) is 24.5 Å². The van der Waals surface area contributed by atoms with Gasteiger partial charge >= 0.3 is 0 Å². The van der Waals surface area contributed by atoms with Crippen molar-refractivity contribution in [2.24, 2.45) is 0 Å². The number of amides is 1. The number of hydrogen-bond donors (Lipinski definition) is 1. The summed E-state index contributed by atoms with van der Waals surface area (Å²) < 4.78 is 13.4. The molecular weight excluding hydrogens is 233 g/mol. The normalized spacial score (nSPS) is 22.8. The van der Waals surface area contributed by atoms with Crippen LogP contribution in [0.2, 0.25) is 0 Å². The van der Waals surface area contributed by atoms with Crippen molar-refractivity contribution in [1.82, 2.24) is 5.32 Å². The molecule has 1 N–H and O–H groups in total. The Bertz CT molecular complexity index is 491. The van der Waals surface area contributed by atoms with Gasteiger partial charge in [0.25, 0.3) is 5.91 Å². The summed E-state index contributed by atoms with van der Waals surface area (Å²) in [7, 11) is 0. The van der Waals surface area contributed by atoms with E-state index in [-0.39, 0.29) is 17.8 Å². The molecule has 0 aromatic heterocycles. The molecule has 2 aliphatic heterocycles. The summed E-state index contributed by atoms with van der Waals surface area (Å²) in [6.45, 7) is 4.75. The van der Waals surface area contributed by atoms with Crippen LogP contribution in [0.3, 0.4) is 0 Å². The van der Waals surface area contributed by atoms with Crippen molar-refractivity contribution in [3.63, 3.8) is 0 Å². The van der Waals surface area contributed by atoms with Gasteiger partial charge in [0.2, 0.25) is 0 Å². The topological polar surface area (TPSA) is 35.6 Å². The highest BCUT2D eigenvalue weighted by Gasteiger charge is 2.38. The van der Waals surface area contributed by atoms with Gasteiger partial charge in [0.05, 0.1) is 11.4 Å². The Morgan fingerprint density at radius 2 is 2.28 bits per heavy atom. The van der Waals surface area contributed by atoms with Crippen LogP contribution in [0, 0.1) is 5.82 Å². The minimum Gasteiger partial charge on any atom is -0.355 e.